The van der Waals surface area contributed by atoms with E-state index in [0.29, 0.717) is 31.1 Å². The molecule has 1 aliphatic heterocycles. The van der Waals surface area contributed by atoms with Gasteiger partial charge in [0.15, 0.2) is 5.82 Å². The normalized spacial score (nSPS) is 14.9. The first-order valence-electron chi connectivity index (χ1n) is 9.33. The van der Waals surface area contributed by atoms with E-state index in [9.17, 15) is 9.18 Å². The first-order valence-corrected chi connectivity index (χ1v) is 10.6. The maximum Gasteiger partial charge on any atom is 0.255 e. The fraction of sp³-hybridized carbons (Fsp3) is 0.300. The third kappa shape index (κ3) is 4.30. The Balaban J connectivity index is 1.39. The van der Waals surface area contributed by atoms with Gasteiger partial charge in [-0.05, 0) is 53.1 Å². The lowest BCUT2D eigenvalue weighted by atomic mass is 10.2. The Morgan fingerprint density at radius 1 is 1.07 bits per heavy atom. The Morgan fingerprint density at radius 2 is 1.79 bits per heavy atom. The van der Waals surface area contributed by atoms with Crippen LogP contribution < -0.4 is 0 Å². The molecule has 0 atom stereocenters. The highest BCUT2D eigenvalue weighted by Gasteiger charge is 2.24. The van der Waals surface area contributed by atoms with E-state index >= 15 is 0 Å². The molecule has 0 radical (unpaired) electrons. The average molecular weight is 412 g/mol. The number of halogens is 1. The van der Waals surface area contributed by atoms with Crippen molar-refractivity contribution >= 4 is 17.7 Å². The van der Waals surface area contributed by atoms with Gasteiger partial charge in [-0.15, -0.1) is 16.9 Å². The first-order chi connectivity index (χ1) is 14.2. The van der Waals surface area contributed by atoms with Gasteiger partial charge in [0.05, 0.1) is 17.8 Å². The molecule has 29 heavy (non-hydrogen) atoms. The van der Waals surface area contributed by atoms with Crippen LogP contribution in [0.4, 0.5) is 4.39 Å². The number of nitrogens with zero attached hydrogens (tertiary/aromatic N) is 6. The molecule has 0 bridgehead atoms. The molecule has 4 rings (SSSR count). The van der Waals surface area contributed by atoms with Gasteiger partial charge in [0.2, 0.25) is 0 Å². The predicted molar refractivity (Wildman–Crippen MR) is 109 cm³/mol. The summed E-state index contributed by atoms with van der Waals surface area (Å²) in [6.07, 6.45) is 1.98. The van der Waals surface area contributed by atoms with Crippen LogP contribution in [0.1, 0.15) is 16.2 Å². The van der Waals surface area contributed by atoms with Crippen LogP contribution in [0.2, 0.25) is 0 Å². The lowest BCUT2D eigenvalue weighted by Crippen LogP contribution is -2.48. The minimum Gasteiger partial charge on any atom is -0.336 e. The van der Waals surface area contributed by atoms with E-state index < -0.39 is 0 Å². The molecule has 1 aliphatic rings. The molecule has 0 saturated carbocycles. The number of thioether (sulfide) groups is 1. The maximum atomic E-state index is 13.2. The zero-order valence-electron chi connectivity index (χ0n) is 16.0. The summed E-state index contributed by atoms with van der Waals surface area (Å²) in [7, 11) is 0. The minimum absolute atomic E-state index is 0.0748. The SMILES string of the molecule is CSc1ccccc1C(=O)N1CCN(Cc2nnnn2-c2ccc(F)cc2)CC1. The second-order valence-corrected chi connectivity index (χ2v) is 7.60. The molecular weight excluding hydrogens is 391 g/mol. The molecule has 1 aromatic heterocycles. The summed E-state index contributed by atoms with van der Waals surface area (Å²) < 4.78 is 14.8. The molecule has 2 heterocycles. The number of aromatic nitrogens is 4. The summed E-state index contributed by atoms with van der Waals surface area (Å²) in [6, 6.07) is 13.8. The van der Waals surface area contributed by atoms with Crippen LogP contribution in [0.3, 0.4) is 0 Å². The van der Waals surface area contributed by atoms with Gasteiger partial charge in [-0.3, -0.25) is 9.69 Å². The molecule has 3 aromatic rings. The monoisotopic (exact) mass is 412 g/mol. The van der Waals surface area contributed by atoms with Gasteiger partial charge in [0, 0.05) is 31.1 Å². The fourth-order valence-electron chi connectivity index (χ4n) is 3.39. The number of piperazine rings is 1. The second kappa shape index (κ2) is 8.71. The van der Waals surface area contributed by atoms with Crippen molar-refractivity contribution < 1.29 is 9.18 Å². The molecule has 1 amide bonds. The molecule has 150 valence electrons. The summed E-state index contributed by atoms with van der Waals surface area (Å²) in [6.45, 7) is 3.35. The van der Waals surface area contributed by atoms with E-state index in [-0.39, 0.29) is 11.7 Å². The number of amides is 1. The topological polar surface area (TPSA) is 67.2 Å². The standard InChI is InChI=1S/C20H21FN6OS/c1-29-18-5-3-2-4-17(18)20(28)26-12-10-25(11-13-26)14-19-22-23-24-27(19)16-8-6-15(21)7-9-16/h2-9H,10-14H2,1H3. The van der Waals surface area contributed by atoms with Crippen molar-refractivity contribution in [2.75, 3.05) is 32.4 Å². The number of rotatable bonds is 5. The average Bonchev–Trinajstić information content (AvgIpc) is 3.22. The van der Waals surface area contributed by atoms with E-state index in [1.807, 2.05) is 35.4 Å². The molecule has 2 aromatic carbocycles. The number of carbonyl (C=O) groups is 1. The lowest BCUT2D eigenvalue weighted by molar-refractivity contribution is 0.0621. The number of benzene rings is 2. The van der Waals surface area contributed by atoms with Crippen molar-refractivity contribution in [2.45, 2.75) is 11.4 Å². The highest BCUT2D eigenvalue weighted by atomic mass is 32.2. The van der Waals surface area contributed by atoms with Crippen LogP contribution in [0, 0.1) is 5.82 Å². The van der Waals surface area contributed by atoms with Crippen LogP contribution in [-0.2, 0) is 6.54 Å². The molecule has 1 fully saturated rings. The van der Waals surface area contributed by atoms with Gasteiger partial charge in [-0.2, -0.15) is 4.68 Å². The van der Waals surface area contributed by atoms with E-state index in [2.05, 4.69) is 20.4 Å². The van der Waals surface area contributed by atoms with Gasteiger partial charge in [0.25, 0.3) is 5.91 Å². The lowest BCUT2D eigenvalue weighted by Gasteiger charge is -2.34. The molecule has 9 heteroatoms. The Kier molecular flexibility index (Phi) is 5.86. The highest BCUT2D eigenvalue weighted by Crippen LogP contribution is 2.22. The quantitative estimate of drug-likeness (QED) is 0.600. The van der Waals surface area contributed by atoms with Crippen LogP contribution in [0.5, 0.6) is 0 Å². The van der Waals surface area contributed by atoms with Gasteiger partial charge in [-0.25, -0.2) is 4.39 Å². The van der Waals surface area contributed by atoms with E-state index in [0.717, 1.165) is 23.5 Å². The molecule has 7 nitrogen and oxygen atoms in total. The van der Waals surface area contributed by atoms with Crippen molar-refractivity contribution in [3.63, 3.8) is 0 Å². The largest absolute Gasteiger partial charge is 0.336 e. The van der Waals surface area contributed by atoms with E-state index in [1.54, 1.807) is 28.6 Å². The summed E-state index contributed by atoms with van der Waals surface area (Å²) in [5.74, 6) is 0.460. The van der Waals surface area contributed by atoms with Gasteiger partial charge < -0.3 is 4.90 Å². The molecule has 0 unspecified atom stereocenters. The number of hydrogen-bond donors (Lipinski definition) is 0. The number of hydrogen-bond acceptors (Lipinski definition) is 6. The number of carbonyl (C=O) groups excluding carboxylic acids is 1. The minimum atomic E-state index is -0.299. The third-order valence-corrected chi connectivity index (χ3v) is 5.76. The molecule has 0 aliphatic carbocycles. The van der Waals surface area contributed by atoms with Crippen molar-refractivity contribution in [1.82, 2.24) is 30.0 Å². The predicted octanol–water partition coefficient (Wildman–Crippen LogP) is 2.48. The summed E-state index contributed by atoms with van der Waals surface area (Å²) in [5, 5.41) is 11.9. The Hall–Kier alpha value is -2.78. The summed E-state index contributed by atoms with van der Waals surface area (Å²) in [5.41, 5.74) is 1.47. The van der Waals surface area contributed by atoms with E-state index in [1.165, 1.54) is 12.1 Å². The molecule has 0 spiro atoms. The van der Waals surface area contributed by atoms with Crippen molar-refractivity contribution in [3.8, 4) is 5.69 Å². The number of tetrazole rings is 1. The zero-order chi connectivity index (χ0) is 20.2. The molecule has 1 saturated heterocycles. The Morgan fingerprint density at radius 3 is 2.52 bits per heavy atom. The highest BCUT2D eigenvalue weighted by molar-refractivity contribution is 7.98. The molecule has 0 N–H and O–H groups in total. The maximum absolute atomic E-state index is 13.2. The van der Waals surface area contributed by atoms with Crippen molar-refractivity contribution in [1.29, 1.82) is 0 Å². The van der Waals surface area contributed by atoms with E-state index in [4.69, 9.17) is 0 Å². The van der Waals surface area contributed by atoms with Gasteiger partial charge in [0.1, 0.15) is 5.82 Å². The van der Waals surface area contributed by atoms with Crippen molar-refractivity contribution in [3.05, 3.63) is 65.7 Å². The summed E-state index contributed by atoms with van der Waals surface area (Å²) >= 11 is 1.59. The van der Waals surface area contributed by atoms with Crippen LogP contribution >= 0.6 is 11.8 Å². The third-order valence-electron chi connectivity index (χ3n) is 4.97. The Labute approximate surface area is 172 Å². The fourth-order valence-corrected chi connectivity index (χ4v) is 3.98. The first kappa shape index (κ1) is 19.5. The van der Waals surface area contributed by atoms with Crippen molar-refractivity contribution in [2.24, 2.45) is 0 Å². The van der Waals surface area contributed by atoms with Crippen LogP contribution in [0.15, 0.2) is 53.4 Å². The Bertz CT molecular complexity index is 985. The van der Waals surface area contributed by atoms with Crippen LogP contribution in [0.25, 0.3) is 5.69 Å². The van der Waals surface area contributed by atoms with Crippen LogP contribution in [-0.4, -0.2) is 68.3 Å². The molecular formula is C20H21FN6OS. The van der Waals surface area contributed by atoms with Gasteiger partial charge in [-0.1, -0.05) is 12.1 Å². The zero-order valence-corrected chi connectivity index (χ0v) is 16.8. The summed E-state index contributed by atoms with van der Waals surface area (Å²) in [4.78, 5) is 18.0. The van der Waals surface area contributed by atoms with Gasteiger partial charge >= 0.3 is 0 Å². The second-order valence-electron chi connectivity index (χ2n) is 6.75. The smallest absolute Gasteiger partial charge is 0.255 e.